The Labute approximate surface area is 287 Å². The second-order valence-corrected chi connectivity index (χ2v) is 17.7. The molecule has 48 heavy (non-hydrogen) atoms. The van der Waals surface area contributed by atoms with E-state index in [1.54, 1.807) is 7.11 Å². The predicted octanol–water partition coefficient (Wildman–Crippen LogP) is 6.24. The van der Waals surface area contributed by atoms with Gasteiger partial charge in [-0.3, -0.25) is 4.90 Å². The number of rotatable bonds is 11. The Bertz CT molecular complexity index is 1390. The van der Waals surface area contributed by atoms with Crippen molar-refractivity contribution in [2.24, 2.45) is 16.7 Å². The molecule has 5 aliphatic carbocycles. The van der Waals surface area contributed by atoms with Crippen molar-refractivity contribution in [1.82, 2.24) is 9.80 Å². The van der Waals surface area contributed by atoms with Crippen molar-refractivity contribution < 1.29 is 33.6 Å². The first-order valence-corrected chi connectivity index (χ1v) is 18.4. The normalized spacial score (nSPS) is 36.3. The zero-order valence-corrected chi connectivity index (χ0v) is 30.1. The van der Waals surface area contributed by atoms with Crippen LogP contribution in [0.25, 0.3) is 0 Å². The molecule has 2 heterocycles. The lowest BCUT2D eigenvalue weighted by Gasteiger charge is -2.67. The highest BCUT2D eigenvalue weighted by molar-refractivity contribution is 5.69. The van der Waals surface area contributed by atoms with Crippen molar-refractivity contribution in [1.29, 1.82) is 0 Å². The van der Waals surface area contributed by atoms with Gasteiger partial charge < -0.3 is 33.7 Å². The van der Waals surface area contributed by atoms with E-state index in [1.165, 1.54) is 30.4 Å². The van der Waals surface area contributed by atoms with Crippen molar-refractivity contribution in [2.45, 2.75) is 121 Å². The van der Waals surface area contributed by atoms with E-state index in [2.05, 4.69) is 35.8 Å². The fraction of sp³-hybridized carbons (Fsp3) is 0.769. The predicted molar refractivity (Wildman–Crippen MR) is 183 cm³/mol. The summed E-state index contributed by atoms with van der Waals surface area (Å²) in [7, 11) is 1.69. The molecule has 2 unspecified atom stereocenters. The van der Waals surface area contributed by atoms with Crippen LogP contribution in [-0.2, 0) is 26.2 Å². The third kappa shape index (κ3) is 6.38. The summed E-state index contributed by atoms with van der Waals surface area (Å²) >= 11 is 0. The largest absolute Gasteiger partial charge is 0.493 e. The third-order valence-electron chi connectivity index (χ3n) is 12.2. The molecule has 9 nitrogen and oxygen atoms in total. The molecule has 1 N–H and O–H groups in total. The first-order valence-electron chi connectivity index (χ1n) is 18.4. The molecular weight excluding hydrogens is 608 g/mol. The van der Waals surface area contributed by atoms with E-state index >= 15 is 0 Å². The zero-order chi connectivity index (χ0) is 34.0. The summed E-state index contributed by atoms with van der Waals surface area (Å²) in [6.07, 6.45) is 11.9. The number of ether oxygens (including phenoxy) is 5. The molecule has 1 amide bonds. The van der Waals surface area contributed by atoms with E-state index in [9.17, 15) is 9.90 Å². The molecule has 4 fully saturated rings. The summed E-state index contributed by atoms with van der Waals surface area (Å²) < 4.78 is 30.3. The number of carbonyl (C=O) groups excluding carboxylic acids is 1. The Hall–Kier alpha value is -2.33. The van der Waals surface area contributed by atoms with E-state index in [0.717, 1.165) is 56.8 Å². The van der Waals surface area contributed by atoms with Crippen LogP contribution < -0.4 is 9.47 Å². The quantitative estimate of drug-likeness (QED) is 0.219. The Kier molecular flexibility index (Phi) is 8.86. The number of methoxy groups -OCH3 is 1. The van der Waals surface area contributed by atoms with Gasteiger partial charge >= 0.3 is 6.09 Å². The monoisotopic (exact) mass is 666 g/mol. The maximum Gasteiger partial charge on any atom is 0.410 e. The van der Waals surface area contributed by atoms with Crippen molar-refractivity contribution in [2.75, 3.05) is 53.2 Å². The number of amides is 1. The molecule has 8 rings (SSSR count). The molecule has 266 valence electrons. The van der Waals surface area contributed by atoms with Gasteiger partial charge in [0.15, 0.2) is 11.5 Å². The lowest BCUT2D eigenvalue weighted by molar-refractivity contribution is -0.159. The highest BCUT2D eigenvalue weighted by atomic mass is 16.6. The molecule has 7 aliphatic rings. The summed E-state index contributed by atoms with van der Waals surface area (Å²) in [5.41, 5.74) is 2.18. The maximum absolute atomic E-state index is 13.7. The number of hydrogen-bond acceptors (Lipinski definition) is 8. The van der Waals surface area contributed by atoms with Gasteiger partial charge in [-0.15, -0.1) is 0 Å². The second-order valence-electron chi connectivity index (χ2n) is 17.7. The highest BCUT2D eigenvalue weighted by Crippen LogP contribution is 2.67. The van der Waals surface area contributed by atoms with Crippen LogP contribution in [0.5, 0.6) is 11.5 Å². The molecule has 0 saturated heterocycles. The molecular formula is C39H58N2O7. The van der Waals surface area contributed by atoms with Crippen LogP contribution in [0.2, 0.25) is 0 Å². The van der Waals surface area contributed by atoms with Gasteiger partial charge in [0.1, 0.15) is 11.7 Å². The second kappa shape index (κ2) is 12.5. The SMILES string of the molecule is COc1ccc2c3c1O[C@H]1C[C@@H](O)C=C[C@@]31CCN(CCOCCOCCN(C(=O)OC(C)(C)C)C13CC4CC(C)(CC(C)(C4)C1)C3)C2. The molecule has 5 atom stereocenters. The minimum absolute atomic E-state index is 0.0868. The van der Waals surface area contributed by atoms with Crippen LogP contribution in [0.4, 0.5) is 4.79 Å². The lowest BCUT2D eigenvalue weighted by atomic mass is 9.42. The van der Waals surface area contributed by atoms with E-state index < -0.39 is 11.7 Å². The third-order valence-corrected chi connectivity index (χ3v) is 12.2. The zero-order valence-electron chi connectivity index (χ0n) is 30.1. The molecule has 0 aromatic heterocycles. The summed E-state index contributed by atoms with van der Waals surface area (Å²) in [5.74, 6) is 2.29. The van der Waals surface area contributed by atoms with Gasteiger partial charge in [0.05, 0.1) is 45.1 Å². The van der Waals surface area contributed by atoms with E-state index in [0.29, 0.717) is 56.1 Å². The lowest BCUT2D eigenvalue weighted by Crippen LogP contribution is -2.67. The topological polar surface area (TPSA) is 89.9 Å². The number of aliphatic hydroxyl groups is 1. The Morgan fingerprint density at radius 1 is 1.04 bits per heavy atom. The smallest absolute Gasteiger partial charge is 0.410 e. The molecule has 9 heteroatoms. The number of nitrogens with zero attached hydrogens (tertiary/aromatic N) is 2. The molecule has 1 spiro atoms. The summed E-state index contributed by atoms with van der Waals surface area (Å²) in [6.45, 7) is 16.0. The van der Waals surface area contributed by atoms with Crippen molar-refractivity contribution in [3.8, 4) is 11.5 Å². The number of aliphatic hydroxyl groups excluding tert-OH is 1. The number of carbonyl (C=O) groups is 1. The molecule has 1 aromatic rings. The average Bonchev–Trinajstić information content (AvgIpc) is 3.21. The van der Waals surface area contributed by atoms with Crippen LogP contribution in [0, 0.1) is 16.7 Å². The molecule has 2 aliphatic heterocycles. The van der Waals surface area contributed by atoms with Crippen LogP contribution in [0.1, 0.15) is 97.1 Å². The van der Waals surface area contributed by atoms with Gasteiger partial charge in [-0.25, -0.2) is 4.79 Å². The Balaban J connectivity index is 0.908. The van der Waals surface area contributed by atoms with Gasteiger partial charge in [0, 0.05) is 37.2 Å². The first kappa shape index (κ1) is 34.1. The summed E-state index contributed by atoms with van der Waals surface area (Å²) in [5, 5.41) is 10.4. The van der Waals surface area contributed by atoms with Crippen molar-refractivity contribution in [3.63, 3.8) is 0 Å². The van der Waals surface area contributed by atoms with Gasteiger partial charge in [-0.1, -0.05) is 32.1 Å². The minimum Gasteiger partial charge on any atom is -0.493 e. The van der Waals surface area contributed by atoms with Gasteiger partial charge in [-0.05, 0) is 101 Å². The van der Waals surface area contributed by atoms with E-state index in [1.807, 2.05) is 32.9 Å². The number of benzene rings is 1. The maximum atomic E-state index is 13.7. The average molecular weight is 667 g/mol. The molecule has 1 aromatic carbocycles. The molecule has 4 bridgehead atoms. The molecule has 4 saturated carbocycles. The minimum atomic E-state index is -0.534. The summed E-state index contributed by atoms with van der Waals surface area (Å²) in [6, 6.07) is 4.17. The Morgan fingerprint density at radius 2 is 1.77 bits per heavy atom. The van der Waals surface area contributed by atoms with Crippen molar-refractivity contribution >= 4 is 6.09 Å². The first-order chi connectivity index (χ1) is 22.7. The van der Waals surface area contributed by atoms with Gasteiger partial charge in [0.2, 0.25) is 0 Å². The molecule has 0 radical (unpaired) electrons. The van der Waals surface area contributed by atoms with Crippen LogP contribution >= 0.6 is 0 Å². The van der Waals surface area contributed by atoms with Crippen LogP contribution in [0.3, 0.4) is 0 Å². The fourth-order valence-corrected chi connectivity index (χ4v) is 11.4. The van der Waals surface area contributed by atoms with E-state index in [-0.39, 0.29) is 23.2 Å². The van der Waals surface area contributed by atoms with E-state index in [4.69, 9.17) is 23.7 Å². The fourth-order valence-electron chi connectivity index (χ4n) is 11.4. The van der Waals surface area contributed by atoms with Gasteiger partial charge in [-0.2, -0.15) is 0 Å². The highest BCUT2D eigenvalue weighted by Gasteiger charge is 2.63. The summed E-state index contributed by atoms with van der Waals surface area (Å²) in [4.78, 5) is 18.2. The van der Waals surface area contributed by atoms with Crippen molar-refractivity contribution in [3.05, 3.63) is 35.4 Å². The Morgan fingerprint density at radius 3 is 2.46 bits per heavy atom. The van der Waals surface area contributed by atoms with Crippen LogP contribution in [0.15, 0.2) is 24.3 Å². The van der Waals surface area contributed by atoms with Crippen LogP contribution in [-0.4, -0.2) is 97.5 Å². The van der Waals surface area contributed by atoms with Gasteiger partial charge in [0.25, 0.3) is 0 Å². The number of hydrogen-bond donors (Lipinski definition) is 1. The standard InChI is InChI=1S/C39H58N2O7/c1-35(2,3)48-34(43)41(38-22-27-20-36(4,25-38)24-37(5,21-27)26-38)14-16-46-18-17-45-15-13-40-12-11-39-10-9-29(42)19-31(39)47-33-30(44-6)8-7-28(23-40)32(33)39/h7-10,27,29,31,42H,11-26H2,1-6H3/t27?,29-,31-,36?,37?,38?,39-/m0/s1.